The first-order chi connectivity index (χ1) is 21.1. The number of aliphatic hydroxyl groups excluding tert-OH is 1. The highest BCUT2D eigenvalue weighted by Gasteiger charge is 2.46. The summed E-state index contributed by atoms with van der Waals surface area (Å²) in [6.45, 7) is 11.4. The number of rotatable bonds is 16. The molecule has 44 heavy (non-hydrogen) atoms. The molecule has 0 aromatic heterocycles. The van der Waals surface area contributed by atoms with Crippen LogP contribution in [-0.4, -0.2) is 64.2 Å². The first-order valence-corrected chi connectivity index (χ1v) is 16.9. The van der Waals surface area contributed by atoms with Crippen molar-refractivity contribution in [1.29, 1.82) is 0 Å². The van der Waals surface area contributed by atoms with Gasteiger partial charge in [0.15, 0.2) is 5.79 Å². The summed E-state index contributed by atoms with van der Waals surface area (Å²) in [6, 6.07) is 10.4. The largest absolute Gasteiger partial charge is 0.460 e. The van der Waals surface area contributed by atoms with E-state index < -0.39 is 11.9 Å². The Morgan fingerprint density at radius 3 is 2.55 bits per heavy atom. The minimum atomic E-state index is -1.51. The molecule has 2 N–H and O–H groups in total. The van der Waals surface area contributed by atoms with Crippen LogP contribution in [-0.2, 0) is 25.5 Å². The zero-order valence-corrected chi connectivity index (χ0v) is 27.6. The van der Waals surface area contributed by atoms with E-state index in [1.54, 1.807) is 0 Å². The smallest absolute Gasteiger partial charge is 0.293 e. The molecule has 0 aliphatic carbocycles. The average Bonchev–Trinajstić information content (AvgIpc) is 3.02. The number of allylic oxidation sites excluding steroid dienone is 3. The van der Waals surface area contributed by atoms with Crippen molar-refractivity contribution in [3.05, 3.63) is 60.2 Å². The number of hydrogen-bond acceptors (Lipinski definition) is 6. The van der Waals surface area contributed by atoms with Gasteiger partial charge in [-0.25, -0.2) is 0 Å². The molecule has 0 bridgehead atoms. The van der Waals surface area contributed by atoms with Crippen LogP contribution in [0.4, 0.5) is 0 Å². The van der Waals surface area contributed by atoms with Crippen molar-refractivity contribution in [2.24, 2.45) is 23.7 Å². The summed E-state index contributed by atoms with van der Waals surface area (Å²) in [5, 5.41) is 22.7. The second-order valence-corrected chi connectivity index (χ2v) is 13.3. The van der Waals surface area contributed by atoms with Crippen LogP contribution in [0.1, 0.15) is 98.0 Å². The van der Waals surface area contributed by atoms with Gasteiger partial charge in [-0.15, -0.1) is 0 Å². The van der Waals surface area contributed by atoms with Gasteiger partial charge in [-0.2, -0.15) is 0 Å². The lowest BCUT2D eigenvalue weighted by atomic mass is 9.80. The molecule has 1 aromatic rings. The molecule has 1 aromatic carbocycles. The fourth-order valence-corrected chi connectivity index (χ4v) is 6.81. The van der Waals surface area contributed by atoms with Gasteiger partial charge < -0.3 is 24.6 Å². The van der Waals surface area contributed by atoms with Gasteiger partial charge in [-0.1, -0.05) is 76.3 Å². The second-order valence-electron chi connectivity index (χ2n) is 13.3. The maximum atomic E-state index is 13.1. The lowest BCUT2D eigenvalue weighted by molar-refractivity contribution is -0.293. The predicted octanol–water partition coefficient (Wildman–Crippen LogP) is 6.62. The van der Waals surface area contributed by atoms with E-state index in [1.165, 1.54) is 5.56 Å². The first-order valence-electron chi connectivity index (χ1n) is 16.9. The lowest BCUT2D eigenvalue weighted by Gasteiger charge is -2.46. The van der Waals surface area contributed by atoms with Gasteiger partial charge in [0.25, 0.3) is 6.47 Å². The number of carbonyl (C=O) groups is 2. The molecule has 9 atom stereocenters. The van der Waals surface area contributed by atoms with E-state index in [1.807, 2.05) is 56.0 Å². The predicted molar refractivity (Wildman–Crippen MR) is 175 cm³/mol. The summed E-state index contributed by atoms with van der Waals surface area (Å²) in [4.78, 5) is 26.2. The number of ether oxygens (including phenoxy) is 2. The molecule has 2 fully saturated rings. The number of likely N-dealkylation sites (tertiary alicyclic amines) is 1. The number of hydrogen-bond donors (Lipinski definition) is 2. The van der Waals surface area contributed by atoms with Crippen LogP contribution in [0.3, 0.4) is 0 Å². The highest BCUT2D eigenvalue weighted by Crippen LogP contribution is 2.39. The maximum Gasteiger partial charge on any atom is 0.293 e. The molecule has 246 valence electrons. The Kier molecular flexibility index (Phi) is 14.6. The lowest BCUT2D eigenvalue weighted by Crippen LogP contribution is -2.54. The Bertz CT molecular complexity index is 1060. The quantitative estimate of drug-likeness (QED) is 0.161. The molecule has 7 nitrogen and oxygen atoms in total. The van der Waals surface area contributed by atoms with Gasteiger partial charge in [0.1, 0.15) is 6.10 Å². The summed E-state index contributed by atoms with van der Waals surface area (Å²) < 4.78 is 11.7. The van der Waals surface area contributed by atoms with Crippen LogP contribution in [0.15, 0.2) is 54.6 Å². The van der Waals surface area contributed by atoms with E-state index in [4.69, 9.17) is 9.47 Å². The Morgan fingerprint density at radius 1 is 1.11 bits per heavy atom. The SMILES string of the molecule is CCC(Cc1ccccc1)C(/C=C/C/C=C/CC(C)C(O)C(C)C1CCC(C)C(O)(CC(=O)N2CCCCC2C)O1)OC=O. The van der Waals surface area contributed by atoms with Gasteiger partial charge in [-0.05, 0) is 82.3 Å². The summed E-state index contributed by atoms with van der Waals surface area (Å²) in [5.74, 6) is -1.68. The summed E-state index contributed by atoms with van der Waals surface area (Å²) in [6.07, 6.45) is 14.7. The van der Waals surface area contributed by atoms with E-state index in [-0.39, 0.29) is 54.2 Å². The van der Waals surface area contributed by atoms with Crippen molar-refractivity contribution in [3.63, 3.8) is 0 Å². The molecule has 0 radical (unpaired) electrons. The van der Waals surface area contributed by atoms with E-state index in [0.717, 1.165) is 51.5 Å². The minimum absolute atomic E-state index is 0.00130. The molecule has 2 aliphatic rings. The molecular formula is C37H57NO6. The Morgan fingerprint density at radius 2 is 1.86 bits per heavy atom. The van der Waals surface area contributed by atoms with Gasteiger partial charge >= 0.3 is 0 Å². The highest BCUT2D eigenvalue weighted by molar-refractivity contribution is 5.77. The number of nitrogens with zero attached hydrogens (tertiary/aromatic N) is 1. The van der Waals surface area contributed by atoms with Crippen molar-refractivity contribution in [2.75, 3.05) is 6.54 Å². The maximum absolute atomic E-state index is 13.1. The number of aliphatic hydroxyl groups is 2. The normalized spacial score (nSPS) is 28.0. The summed E-state index contributed by atoms with van der Waals surface area (Å²) in [7, 11) is 0. The molecule has 2 saturated heterocycles. The highest BCUT2D eigenvalue weighted by atomic mass is 16.6. The minimum Gasteiger partial charge on any atom is -0.460 e. The molecule has 7 heteroatoms. The molecule has 3 rings (SSSR count). The van der Waals surface area contributed by atoms with Crippen molar-refractivity contribution in [1.82, 2.24) is 4.90 Å². The van der Waals surface area contributed by atoms with E-state index in [2.05, 4.69) is 38.1 Å². The van der Waals surface area contributed by atoms with Crippen LogP contribution >= 0.6 is 0 Å². The Hall–Kier alpha value is -2.48. The number of benzene rings is 1. The van der Waals surface area contributed by atoms with E-state index in [0.29, 0.717) is 19.3 Å². The fourth-order valence-electron chi connectivity index (χ4n) is 6.81. The van der Waals surface area contributed by atoms with Crippen LogP contribution in [0.5, 0.6) is 0 Å². The third-order valence-corrected chi connectivity index (χ3v) is 10.1. The second kappa shape index (κ2) is 17.9. The molecule has 1 amide bonds. The topological polar surface area (TPSA) is 96.3 Å². The Labute approximate surface area is 265 Å². The van der Waals surface area contributed by atoms with E-state index >= 15 is 0 Å². The standard InChI is InChI=1S/C37H57NO6/c1-6-32(24-31-18-11-9-12-19-31)34(43-26-39)20-13-8-7-10-16-27(2)36(41)30(5)33-22-21-28(3)37(42,44-33)25-35(40)38-23-15-14-17-29(38)4/h7,9-13,18-20,26-30,32-34,36,41-42H,6,8,14-17,21-25H2,1-5H3/b10-7+,20-13+. The zero-order valence-electron chi connectivity index (χ0n) is 27.6. The molecule has 2 heterocycles. The van der Waals surface area contributed by atoms with E-state index in [9.17, 15) is 19.8 Å². The van der Waals surface area contributed by atoms with Crippen molar-refractivity contribution in [2.45, 2.75) is 129 Å². The van der Waals surface area contributed by atoms with Gasteiger partial charge in [0, 0.05) is 30.3 Å². The third kappa shape index (κ3) is 10.3. The average molecular weight is 612 g/mol. The monoisotopic (exact) mass is 611 g/mol. The zero-order chi connectivity index (χ0) is 32.1. The molecule has 0 saturated carbocycles. The van der Waals surface area contributed by atoms with Crippen LogP contribution in [0.25, 0.3) is 0 Å². The summed E-state index contributed by atoms with van der Waals surface area (Å²) >= 11 is 0. The third-order valence-electron chi connectivity index (χ3n) is 10.1. The van der Waals surface area contributed by atoms with Crippen LogP contribution in [0, 0.1) is 23.7 Å². The number of carbonyl (C=O) groups excluding carboxylic acids is 2. The number of amides is 1. The van der Waals surface area contributed by atoms with Crippen LogP contribution in [0.2, 0.25) is 0 Å². The molecule has 0 spiro atoms. The van der Waals surface area contributed by atoms with Crippen molar-refractivity contribution >= 4 is 12.4 Å². The van der Waals surface area contributed by atoms with Crippen molar-refractivity contribution in [3.8, 4) is 0 Å². The fraction of sp³-hybridized carbons (Fsp3) is 0.676. The number of piperidine rings is 1. The van der Waals surface area contributed by atoms with Crippen LogP contribution < -0.4 is 0 Å². The Balaban J connectivity index is 1.49. The molecule has 9 unspecified atom stereocenters. The van der Waals surface area contributed by atoms with Gasteiger partial charge in [0.2, 0.25) is 5.91 Å². The molecular weight excluding hydrogens is 554 g/mol. The van der Waals surface area contributed by atoms with Gasteiger partial charge in [-0.3, -0.25) is 9.59 Å². The summed E-state index contributed by atoms with van der Waals surface area (Å²) in [5.41, 5.74) is 1.23. The first kappa shape index (κ1) is 36.0. The van der Waals surface area contributed by atoms with Crippen molar-refractivity contribution < 1.29 is 29.3 Å². The molecule has 2 aliphatic heterocycles. The van der Waals surface area contributed by atoms with Gasteiger partial charge in [0.05, 0.1) is 18.6 Å².